The molecule has 0 radical (unpaired) electrons. The molecule has 3 saturated heterocycles. The van der Waals surface area contributed by atoms with Crippen LogP contribution < -0.4 is 5.32 Å². The van der Waals surface area contributed by atoms with Crippen LogP contribution in [-0.4, -0.2) is 50.3 Å². The SMILES string of the molecule is C1CC2CN(CC3CCOC3)CCC2N1. The van der Waals surface area contributed by atoms with Gasteiger partial charge in [-0.2, -0.15) is 0 Å². The van der Waals surface area contributed by atoms with E-state index in [-0.39, 0.29) is 0 Å². The Hall–Kier alpha value is -0.120. The van der Waals surface area contributed by atoms with Crippen molar-refractivity contribution in [3.63, 3.8) is 0 Å². The third kappa shape index (κ3) is 2.19. The number of likely N-dealkylation sites (tertiary alicyclic amines) is 1. The largest absolute Gasteiger partial charge is 0.381 e. The minimum Gasteiger partial charge on any atom is -0.381 e. The van der Waals surface area contributed by atoms with Crippen LogP contribution >= 0.6 is 0 Å². The zero-order valence-corrected chi connectivity index (χ0v) is 9.45. The van der Waals surface area contributed by atoms with Crippen molar-refractivity contribution in [1.82, 2.24) is 10.2 Å². The molecule has 3 heteroatoms. The fourth-order valence-electron chi connectivity index (χ4n) is 3.38. The second-order valence-electron chi connectivity index (χ2n) is 5.39. The van der Waals surface area contributed by atoms with E-state index < -0.39 is 0 Å². The Labute approximate surface area is 92.2 Å². The van der Waals surface area contributed by atoms with E-state index >= 15 is 0 Å². The lowest BCUT2D eigenvalue weighted by atomic mass is 9.92. The molecule has 0 aromatic carbocycles. The number of piperidine rings is 1. The van der Waals surface area contributed by atoms with Gasteiger partial charge in [0.1, 0.15) is 0 Å². The van der Waals surface area contributed by atoms with E-state index in [1.165, 1.54) is 45.4 Å². The van der Waals surface area contributed by atoms with Gasteiger partial charge in [0.2, 0.25) is 0 Å². The number of hydrogen-bond acceptors (Lipinski definition) is 3. The van der Waals surface area contributed by atoms with Gasteiger partial charge in [-0.15, -0.1) is 0 Å². The smallest absolute Gasteiger partial charge is 0.0507 e. The molecule has 0 spiro atoms. The van der Waals surface area contributed by atoms with Crippen molar-refractivity contribution >= 4 is 0 Å². The van der Waals surface area contributed by atoms with E-state index in [4.69, 9.17) is 4.74 Å². The first kappa shape index (κ1) is 10.1. The van der Waals surface area contributed by atoms with Crippen molar-refractivity contribution in [2.75, 3.05) is 39.4 Å². The van der Waals surface area contributed by atoms with Gasteiger partial charge in [0.05, 0.1) is 6.61 Å². The molecule has 0 saturated carbocycles. The molecule has 3 unspecified atom stereocenters. The highest BCUT2D eigenvalue weighted by Gasteiger charge is 2.33. The van der Waals surface area contributed by atoms with Crippen molar-refractivity contribution in [2.45, 2.75) is 25.3 Å². The van der Waals surface area contributed by atoms with Crippen LogP contribution in [0.25, 0.3) is 0 Å². The summed E-state index contributed by atoms with van der Waals surface area (Å²) in [5.41, 5.74) is 0. The second kappa shape index (κ2) is 4.40. The maximum Gasteiger partial charge on any atom is 0.0507 e. The first-order valence-corrected chi connectivity index (χ1v) is 6.45. The fraction of sp³-hybridized carbons (Fsp3) is 1.00. The lowest BCUT2D eigenvalue weighted by molar-refractivity contribution is 0.128. The summed E-state index contributed by atoms with van der Waals surface area (Å²) in [7, 11) is 0. The van der Waals surface area contributed by atoms with Gasteiger partial charge in [0, 0.05) is 25.7 Å². The molecule has 0 amide bonds. The normalized spacial score (nSPS) is 42.0. The van der Waals surface area contributed by atoms with Crippen molar-refractivity contribution < 1.29 is 4.74 Å². The number of nitrogens with zero attached hydrogens (tertiary/aromatic N) is 1. The molecule has 0 aromatic heterocycles. The topological polar surface area (TPSA) is 24.5 Å². The van der Waals surface area contributed by atoms with Crippen LogP contribution in [0.3, 0.4) is 0 Å². The first-order valence-electron chi connectivity index (χ1n) is 6.45. The number of rotatable bonds is 2. The van der Waals surface area contributed by atoms with Gasteiger partial charge in [-0.25, -0.2) is 0 Å². The average Bonchev–Trinajstić information content (AvgIpc) is 2.87. The van der Waals surface area contributed by atoms with E-state index in [1.807, 2.05) is 0 Å². The van der Waals surface area contributed by atoms with Crippen molar-refractivity contribution in [3.8, 4) is 0 Å². The third-order valence-corrected chi connectivity index (χ3v) is 4.28. The highest BCUT2D eigenvalue weighted by atomic mass is 16.5. The summed E-state index contributed by atoms with van der Waals surface area (Å²) in [6.07, 6.45) is 4.03. The Kier molecular flexibility index (Phi) is 2.95. The molecule has 0 aliphatic carbocycles. The summed E-state index contributed by atoms with van der Waals surface area (Å²) < 4.78 is 5.45. The Morgan fingerprint density at radius 2 is 2.27 bits per heavy atom. The van der Waals surface area contributed by atoms with E-state index in [0.717, 1.165) is 31.1 Å². The lowest BCUT2D eigenvalue weighted by Crippen LogP contribution is -2.45. The van der Waals surface area contributed by atoms with Crippen LogP contribution in [-0.2, 0) is 4.74 Å². The molecule has 3 atom stereocenters. The van der Waals surface area contributed by atoms with Gasteiger partial charge in [0.15, 0.2) is 0 Å². The van der Waals surface area contributed by atoms with Crippen LogP contribution in [0.5, 0.6) is 0 Å². The van der Waals surface area contributed by atoms with E-state index in [9.17, 15) is 0 Å². The molecule has 3 nitrogen and oxygen atoms in total. The monoisotopic (exact) mass is 210 g/mol. The summed E-state index contributed by atoms with van der Waals surface area (Å²) in [6, 6.07) is 0.834. The van der Waals surface area contributed by atoms with E-state index in [1.54, 1.807) is 0 Å². The highest BCUT2D eigenvalue weighted by molar-refractivity contribution is 4.90. The molecular formula is C12H22N2O. The predicted octanol–water partition coefficient (Wildman–Crippen LogP) is 0.707. The fourth-order valence-corrected chi connectivity index (χ4v) is 3.38. The highest BCUT2D eigenvalue weighted by Crippen LogP contribution is 2.26. The minimum absolute atomic E-state index is 0.816. The molecule has 3 heterocycles. The zero-order chi connectivity index (χ0) is 10.1. The Morgan fingerprint density at radius 1 is 1.27 bits per heavy atom. The number of nitrogens with one attached hydrogen (secondary N) is 1. The molecule has 0 bridgehead atoms. The lowest BCUT2D eigenvalue weighted by Gasteiger charge is -2.35. The summed E-state index contributed by atoms with van der Waals surface area (Å²) in [5, 5.41) is 3.62. The van der Waals surface area contributed by atoms with Gasteiger partial charge in [-0.05, 0) is 44.2 Å². The van der Waals surface area contributed by atoms with Gasteiger partial charge >= 0.3 is 0 Å². The average molecular weight is 210 g/mol. The van der Waals surface area contributed by atoms with Crippen molar-refractivity contribution in [1.29, 1.82) is 0 Å². The third-order valence-electron chi connectivity index (χ3n) is 4.28. The molecule has 1 N–H and O–H groups in total. The summed E-state index contributed by atoms with van der Waals surface area (Å²) in [5.74, 6) is 1.75. The van der Waals surface area contributed by atoms with Crippen LogP contribution in [0.1, 0.15) is 19.3 Å². The molecular weight excluding hydrogens is 188 g/mol. The molecule has 3 fully saturated rings. The molecule has 0 aromatic rings. The molecule has 3 rings (SSSR count). The molecule has 15 heavy (non-hydrogen) atoms. The minimum atomic E-state index is 0.816. The zero-order valence-electron chi connectivity index (χ0n) is 9.45. The Balaban J connectivity index is 1.50. The maximum atomic E-state index is 5.45. The van der Waals surface area contributed by atoms with Gasteiger partial charge in [-0.1, -0.05) is 0 Å². The second-order valence-corrected chi connectivity index (χ2v) is 5.39. The maximum absolute atomic E-state index is 5.45. The standard InChI is InChI=1S/C12H22N2O/c1-4-13-12-2-5-14(8-11(1)12)7-10-3-6-15-9-10/h10-13H,1-9H2. The Bertz CT molecular complexity index is 214. The van der Waals surface area contributed by atoms with Crippen LogP contribution in [0, 0.1) is 11.8 Å². The quantitative estimate of drug-likeness (QED) is 0.726. The van der Waals surface area contributed by atoms with Gasteiger partial charge in [0.25, 0.3) is 0 Å². The van der Waals surface area contributed by atoms with E-state index in [2.05, 4.69) is 10.2 Å². The molecule has 3 aliphatic heterocycles. The van der Waals surface area contributed by atoms with Gasteiger partial charge < -0.3 is 15.0 Å². The van der Waals surface area contributed by atoms with E-state index in [0.29, 0.717) is 0 Å². The summed E-state index contributed by atoms with van der Waals surface area (Å²) in [6.45, 7) is 7.15. The predicted molar refractivity (Wildman–Crippen MR) is 59.9 cm³/mol. The van der Waals surface area contributed by atoms with Crippen LogP contribution in [0.2, 0.25) is 0 Å². The molecule has 3 aliphatic rings. The number of fused-ring (bicyclic) bond motifs is 1. The van der Waals surface area contributed by atoms with Crippen molar-refractivity contribution in [2.24, 2.45) is 11.8 Å². The van der Waals surface area contributed by atoms with Crippen LogP contribution in [0.4, 0.5) is 0 Å². The Morgan fingerprint density at radius 3 is 3.13 bits per heavy atom. The summed E-state index contributed by atoms with van der Waals surface area (Å²) in [4.78, 5) is 2.67. The number of ether oxygens (including phenoxy) is 1. The van der Waals surface area contributed by atoms with Crippen LogP contribution in [0.15, 0.2) is 0 Å². The summed E-state index contributed by atoms with van der Waals surface area (Å²) >= 11 is 0. The first-order chi connectivity index (χ1) is 7.42. The molecule has 86 valence electrons. The number of hydrogen-bond donors (Lipinski definition) is 1. The van der Waals surface area contributed by atoms with Crippen molar-refractivity contribution in [3.05, 3.63) is 0 Å². The van der Waals surface area contributed by atoms with Gasteiger partial charge in [-0.3, -0.25) is 0 Å².